The molecule has 0 aromatic carbocycles. The lowest BCUT2D eigenvalue weighted by molar-refractivity contribution is -0.106. The molecule has 0 spiro atoms. The molecule has 31 heavy (non-hydrogen) atoms. The molecule has 11 nitrogen and oxygen atoms in total. The minimum Gasteiger partial charge on any atom is -0.387 e. The topological polar surface area (TPSA) is 134 Å². The van der Waals surface area contributed by atoms with Crippen molar-refractivity contribution in [2.45, 2.75) is 49.3 Å². The summed E-state index contributed by atoms with van der Waals surface area (Å²) in [6, 6.07) is 6.00. The first-order valence-electron chi connectivity index (χ1n) is 11.2. The highest BCUT2D eigenvalue weighted by Gasteiger charge is 2.51. The van der Waals surface area contributed by atoms with E-state index in [0.29, 0.717) is 19.9 Å². The summed E-state index contributed by atoms with van der Waals surface area (Å²) in [4.78, 5) is 11.1. The summed E-state index contributed by atoms with van der Waals surface area (Å²) in [5.41, 5.74) is 6.15. The first kappa shape index (κ1) is 21.4. The van der Waals surface area contributed by atoms with Gasteiger partial charge in [0.25, 0.3) is 0 Å². The molecule has 172 valence electrons. The number of nitrogens with two attached hydrogens (primary N) is 1. The summed E-state index contributed by atoms with van der Waals surface area (Å²) < 4.78 is 6.23. The molecule has 1 aromatic rings. The van der Waals surface area contributed by atoms with Crippen LogP contribution in [0.25, 0.3) is 0 Å². The standard InChI is InChI=1S/C20H34N8O3/c21-18-15-19(24-11-23-18)28(12-25-15)20-17(30)16(29)13(31-20)10-26-6-3-7-27(9-8-26)14-4-1-2-5-22-14/h1-2,4-5,13,15-20,23-25,29-30H,3,6-12,21H2/t13-,15?,16-,17-,18?,19?,20-/m1/s1. The predicted octanol–water partition coefficient (Wildman–Crippen LogP) is -2.97. The summed E-state index contributed by atoms with van der Waals surface area (Å²) >= 11 is 0. The summed E-state index contributed by atoms with van der Waals surface area (Å²) in [7, 11) is 0. The van der Waals surface area contributed by atoms with E-state index < -0.39 is 24.5 Å². The van der Waals surface area contributed by atoms with Crippen LogP contribution in [0.1, 0.15) is 6.42 Å². The van der Waals surface area contributed by atoms with Gasteiger partial charge >= 0.3 is 0 Å². The Morgan fingerprint density at radius 1 is 1.10 bits per heavy atom. The zero-order valence-electron chi connectivity index (χ0n) is 17.7. The van der Waals surface area contributed by atoms with Crippen LogP contribution in [0.4, 0.5) is 5.82 Å². The van der Waals surface area contributed by atoms with Gasteiger partial charge in [-0.3, -0.25) is 20.9 Å². The summed E-state index contributed by atoms with van der Waals surface area (Å²) in [5, 5.41) is 31.4. The number of ether oxygens (including phenoxy) is 1. The second-order valence-corrected chi connectivity index (χ2v) is 8.83. The Morgan fingerprint density at radius 2 is 2.00 bits per heavy atom. The Kier molecular flexibility index (Phi) is 6.37. The third kappa shape index (κ3) is 4.30. The van der Waals surface area contributed by atoms with E-state index in [1.165, 1.54) is 0 Å². The third-order valence-corrected chi connectivity index (χ3v) is 6.91. The lowest BCUT2D eigenvalue weighted by Gasteiger charge is -2.38. The van der Waals surface area contributed by atoms with Gasteiger partial charge in [-0.1, -0.05) is 6.07 Å². The molecule has 5 heterocycles. The molecule has 0 amide bonds. The van der Waals surface area contributed by atoms with Crippen molar-refractivity contribution in [2.24, 2.45) is 5.73 Å². The van der Waals surface area contributed by atoms with Gasteiger partial charge in [0.15, 0.2) is 0 Å². The van der Waals surface area contributed by atoms with Gasteiger partial charge in [0.05, 0.1) is 25.0 Å². The number of hydrogen-bond acceptors (Lipinski definition) is 11. The lowest BCUT2D eigenvalue weighted by Crippen LogP contribution is -2.68. The van der Waals surface area contributed by atoms with Crippen molar-refractivity contribution in [2.75, 3.05) is 51.0 Å². The molecule has 4 saturated heterocycles. The Hall–Kier alpha value is -1.41. The largest absolute Gasteiger partial charge is 0.387 e. The molecule has 11 heteroatoms. The van der Waals surface area contributed by atoms with Gasteiger partial charge in [0.1, 0.15) is 30.4 Å². The molecule has 7 atom stereocenters. The minimum absolute atomic E-state index is 0.0175. The highest BCUT2D eigenvalue weighted by Crippen LogP contribution is 2.29. The van der Waals surface area contributed by atoms with Gasteiger partial charge in [-0.15, -0.1) is 0 Å². The van der Waals surface area contributed by atoms with Crippen LogP contribution in [-0.4, -0.2) is 114 Å². The number of aliphatic hydroxyl groups excluding tert-OH is 2. The second-order valence-electron chi connectivity index (χ2n) is 8.83. The summed E-state index contributed by atoms with van der Waals surface area (Å²) in [5.74, 6) is 1.00. The van der Waals surface area contributed by atoms with Gasteiger partial charge in [0.2, 0.25) is 0 Å². The molecule has 0 bridgehead atoms. The van der Waals surface area contributed by atoms with E-state index in [1.54, 1.807) is 0 Å². The fourth-order valence-corrected chi connectivity index (χ4v) is 5.18. The molecular formula is C20H34N8O3. The average Bonchev–Trinajstić information content (AvgIpc) is 3.23. The molecule has 7 N–H and O–H groups in total. The van der Waals surface area contributed by atoms with Crippen LogP contribution in [0.3, 0.4) is 0 Å². The van der Waals surface area contributed by atoms with E-state index in [-0.39, 0.29) is 18.4 Å². The van der Waals surface area contributed by atoms with Crippen LogP contribution in [0.2, 0.25) is 0 Å². The predicted molar refractivity (Wildman–Crippen MR) is 115 cm³/mol. The highest BCUT2D eigenvalue weighted by molar-refractivity contribution is 5.37. The minimum atomic E-state index is -0.963. The molecule has 3 unspecified atom stereocenters. The maximum absolute atomic E-state index is 10.8. The van der Waals surface area contributed by atoms with Crippen molar-refractivity contribution in [1.29, 1.82) is 0 Å². The Labute approximate surface area is 182 Å². The maximum Gasteiger partial charge on any atom is 0.142 e. The van der Waals surface area contributed by atoms with Crippen LogP contribution in [0.5, 0.6) is 0 Å². The zero-order valence-corrected chi connectivity index (χ0v) is 17.7. The summed E-state index contributed by atoms with van der Waals surface area (Å²) in [6.07, 6.45) is -0.274. The maximum atomic E-state index is 10.8. The van der Waals surface area contributed by atoms with Crippen molar-refractivity contribution in [3.8, 4) is 0 Å². The highest BCUT2D eigenvalue weighted by atomic mass is 16.6. The molecule has 4 aliphatic rings. The van der Waals surface area contributed by atoms with Gasteiger partial charge < -0.3 is 25.6 Å². The van der Waals surface area contributed by atoms with Gasteiger partial charge in [-0.25, -0.2) is 9.88 Å². The van der Waals surface area contributed by atoms with E-state index >= 15 is 0 Å². The quantitative estimate of drug-likeness (QED) is 0.290. The smallest absolute Gasteiger partial charge is 0.142 e. The number of pyridine rings is 1. The molecule has 4 fully saturated rings. The first-order valence-corrected chi connectivity index (χ1v) is 11.2. The van der Waals surface area contributed by atoms with E-state index in [2.05, 4.69) is 30.7 Å². The SMILES string of the molecule is NC1NCNC2C1NCN2[C@@H]1O[C@H](CN2CCCN(c3ccccn3)CC2)[C@@H](O)[C@H]1O. The number of anilines is 1. The second kappa shape index (κ2) is 9.22. The van der Waals surface area contributed by atoms with Crippen LogP contribution >= 0.6 is 0 Å². The van der Waals surface area contributed by atoms with E-state index in [4.69, 9.17) is 10.5 Å². The molecule has 0 aliphatic carbocycles. The third-order valence-electron chi connectivity index (χ3n) is 6.91. The number of aromatic nitrogens is 1. The number of hydrogen-bond donors (Lipinski definition) is 6. The van der Waals surface area contributed by atoms with Crippen LogP contribution < -0.4 is 26.6 Å². The normalized spacial score (nSPS) is 40.1. The number of rotatable bonds is 4. The number of nitrogens with zero attached hydrogens (tertiary/aromatic N) is 4. The molecule has 0 saturated carbocycles. The van der Waals surface area contributed by atoms with Gasteiger partial charge in [-0.05, 0) is 25.1 Å². The van der Waals surface area contributed by atoms with Crippen LogP contribution in [-0.2, 0) is 4.74 Å². The van der Waals surface area contributed by atoms with Gasteiger partial charge in [-0.2, -0.15) is 0 Å². The van der Waals surface area contributed by atoms with Crippen LogP contribution in [0, 0.1) is 0 Å². The monoisotopic (exact) mass is 434 g/mol. The van der Waals surface area contributed by atoms with Crippen molar-refractivity contribution in [3.63, 3.8) is 0 Å². The van der Waals surface area contributed by atoms with Crippen molar-refractivity contribution >= 4 is 5.82 Å². The molecular weight excluding hydrogens is 400 g/mol. The van der Waals surface area contributed by atoms with Crippen LogP contribution in [0.15, 0.2) is 24.4 Å². The van der Waals surface area contributed by atoms with Gasteiger partial charge in [0, 0.05) is 39.0 Å². The van der Waals surface area contributed by atoms with E-state index in [9.17, 15) is 10.2 Å². The number of nitrogens with one attached hydrogen (secondary N) is 3. The molecule has 1 aromatic heterocycles. The Bertz CT molecular complexity index is 730. The molecule has 4 aliphatic heterocycles. The molecule has 0 radical (unpaired) electrons. The average molecular weight is 435 g/mol. The first-order chi connectivity index (χ1) is 15.1. The summed E-state index contributed by atoms with van der Waals surface area (Å²) in [6.45, 7) is 5.35. The number of fused-ring (bicyclic) bond motifs is 1. The van der Waals surface area contributed by atoms with E-state index in [1.807, 2.05) is 29.3 Å². The molecule has 5 rings (SSSR count). The fraction of sp³-hybridized carbons (Fsp3) is 0.750. The van der Waals surface area contributed by atoms with Crippen molar-refractivity contribution in [1.82, 2.24) is 30.7 Å². The fourth-order valence-electron chi connectivity index (χ4n) is 5.18. The van der Waals surface area contributed by atoms with E-state index in [0.717, 1.165) is 38.4 Å². The number of aliphatic hydroxyl groups is 2. The Balaban J connectivity index is 1.19. The van der Waals surface area contributed by atoms with Crippen molar-refractivity contribution in [3.05, 3.63) is 24.4 Å². The Morgan fingerprint density at radius 3 is 2.84 bits per heavy atom. The lowest BCUT2D eigenvalue weighted by atomic mass is 10.1. The zero-order chi connectivity index (χ0) is 21.4. The van der Waals surface area contributed by atoms with Crippen molar-refractivity contribution < 1.29 is 14.9 Å².